The number of aryl methyl sites for hydroxylation is 2. The van der Waals surface area contributed by atoms with Gasteiger partial charge in [-0.05, 0) is 25.3 Å². The van der Waals surface area contributed by atoms with Gasteiger partial charge in [-0.1, -0.05) is 29.8 Å². The molecule has 0 bridgehead atoms. The molecule has 1 heterocycles. The number of nitrogens with zero attached hydrogens (tertiary/aromatic N) is 1. The first-order valence-corrected chi connectivity index (χ1v) is 8.04. The Labute approximate surface area is 140 Å². The maximum atomic E-state index is 12.7. The van der Waals surface area contributed by atoms with E-state index < -0.39 is 12.0 Å². The summed E-state index contributed by atoms with van der Waals surface area (Å²) in [6.07, 6.45) is 3.77. The molecule has 1 amide bonds. The van der Waals surface area contributed by atoms with Crippen LogP contribution < -0.4 is 5.32 Å². The average molecular weight is 327 g/mol. The summed E-state index contributed by atoms with van der Waals surface area (Å²) in [7, 11) is 1.33. The van der Waals surface area contributed by atoms with Crippen LogP contribution in [0.4, 0.5) is 0 Å². The lowest BCUT2D eigenvalue weighted by molar-refractivity contribution is -0.145. The maximum Gasteiger partial charge on any atom is 0.333 e. The van der Waals surface area contributed by atoms with Crippen LogP contribution >= 0.6 is 0 Å². The molecular formula is C18H21N3O3. The van der Waals surface area contributed by atoms with Gasteiger partial charge in [0.2, 0.25) is 5.91 Å². The molecule has 0 spiro atoms. The van der Waals surface area contributed by atoms with E-state index in [1.54, 1.807) is 6.33 Å². The lowest BCUT2D eigenvalue weighted by Gasteiger charge is -2.24. The van der Waals surface area contributed by atoms with Crippen LogP contribution in [-0.2, 0) is 27.2 Å². The van der Waals surface area contributed by atoms with E-state index >= 15 is 0 Å². The molecule has 24 heavy (non-hydrogen) atoms. The Morgan fingerprint density at radius 2 is 2.25 bits per heavy atom. The number of methoxy groups -OCH3 is 1. The van der Waals surface area contributed by atoms with Gasteiger partial charge in [-0.2, -0.15) is 0 Å². The first-order chi connectivity index (χ1) is 11.6. The predicted molar refractivity (Wildman–Crippen MR) is 88.2 cm³/mol. The minimum atomic E-state index is -0.787. The molecule has 0 radical (unpaired) electrons. The molecule has 2 N–H and O–H groups in total. The highest BCUT2D eigenvalue weighted by Gasteiger charge is 2.30. The van der Waals surface area contributed by atoms with E-state index in [9.17, 15) is 9.59 Å². The molecule has 3 rings (SSSR count). The van der Waals surface area contributed by atoms with Gasteiger partial charge in [0.05, 0.1) is 19.1 Å². The maximum absolute atomic E-state index is 12.7. The molecule has 0 fully saturated rings. The predicted octanol–water partition coefficient (Wildman–Crippen LogP) is 1.85. The van der Waals surface area contributed by atoms with Crippen LogP contribution in [0, 0.1) is 12.8 Å². The van der Waals surface area contributed by atoms with Gasteiger partial charge in [0.25, 0.3) is 0 Å². The molecular weight excluding hydrogens is 306 g/mol. The Morgan fingerprint density at radius 1 is 1.42 bits per heavy atom. The molecule has 0 saturated heterocycles. The van der Waals surface area contributed by atoms with Crippen molar-refractivity contribution in [2.24, 2.45) is 5.92 Å². The van der Waals surface area contributed by atoms with Gasteiger partial charge in [-0.15, -0.1) is 0 Å². The fourth-order valence-electron chi connectivity index (χ4n) is 3.13. The molecule has 2 atom stereocenters. The summed E-state index contributed by atoms with van der Waals surface area (Å²) in [6, 6.07) is 6.73. The molecule has 0 aliphatic heterocycles. The van der Waals surface area contributed by atoms with Gasteiger partial charge in [-0.3, -0.25) is 4.79 Å². The Hall–Kier alpha value is -2.63. The Bertz CT molecular complexity index is 753. The highest BCUT2D eigenvalue weighted by Crippen LogP contribution is 2.24. The van der Waals surface area contributed by atoms with Gasteiger partial charge in [0, 0.05) is 18.0 Å². The van der Waals surface area contributed by atoms with Crippen LogP contribution in [0.3, 0.4) is 0 Å². The van der Waals surface area contributed by atoms with Crippen molar-refractivity contribution in [3.63, 3.8) is 0 Å². The summed E-state index contributed by atoms with van der Waals surface area (Å²) in [4.78, 5) is 32.1. The van der Waals surface area contributed by atoms with Crippen molar-refractivity contribution in [3.05, 3.63) is 53.1 Å². The summed E-state index contributed by atoms with van der Waals surface area (Å²) in [6.45, 7) is 1.95. The number of fused-ring (bicyclic) bond motifs is 1. The molecule has 2 unspecified atom stereocenters. The van der Waals surface area contributed by atoms with Gasteiger partial charge >= 0.3 is 5.97 Å². The van der Waals surface area contributed by atoms with Crippen LogP contribution in [-0.4, -0.2) is 29.0 Å². The number of ether oxygens (including phenoxy) is 1. The lowest BCUT2D eigenvalue weighted by Crippen LogP contribution is -2.40. The number of nitrogens with one attached hydrogen (secondary N) is 2. The van der Waals surface area contributed by atoms with Crippen LogP contribution in [0.5, 0.6) is 0 Å². The molecule has 6 nitrogen and oxygen atoms in total. The van der Waals surface area contributed by atoms with E-state index in [-0.39, 0.29) is 11.8 Å². The molecule has 0 saturated carbocycles. The molecule has 1 aliphatic carbocycles. The Morgan fingerprint density at radius 3 is 3.00 bits per heavy atom. The second-order valence-corrected chi connectivity index (χ2v) is 6.15. The Kier molecular flexibility index (Phi) is 4.64. The van der Waals surface area contributed by atoms with E-state index in [4.69, 9.17) is 4.74 Å². The van der Waals surface area contributed by atoms with E-state index in [1.165, 1.54) is 7.11 Å². The molecule has 6 heteroatoms. The lowest BCUT2D eigenvalue weighted by atomic mass is 9.88. The summed E-state index contributed by atoms with van der Waals surface area (Å²) in [5.74, 6) is -0.769. The SMILES string of the molecule is COC(=O)C(NC(=O)C1CCc2nc[nH]c2C1)c1cccc(C)c1. The van der Waals surface area contributed by atoms with Gasteiger partial charge < -0.3 is 15.0 Å². The number of esters is 1. The molecule has 1 aromatic heterocycles. The first kappa shape index (κ1) is 16.2. The second kappa shape index (κ2) is 6.86. The van der Waals surface area contributed by atoms with Crippen LogP contribution in [0.25, 0.3) is 0 Å². The fourth-order valence-corrected chi connectivity index (χ4v) is 3.13. The number of hydrogen-bond acceptors (Lipinski definition) is 4. The zero-order valence-corrected chi connectivity index (χ0v) is 13.8. The quantitative estimate of drug-likeness (QED) is 0.840. The first-order valence-electron chi connectivity index (χ1n) is 8.04. The second-order valence-electron chi connectivity index (χ2n) is 6.15. The third kappa shape index (κ3) is 3.32. The van der Waals surface area contributed by atoms with Crippen molar-refractivity contribution >= 4 is 11.9 Å². The van der Waals surface area contributed by atoms with Crippen LogP contribution in [0.2, 0.25) is 0 Å². The summed E-state index contributed by atoms with van der Waals surface area (Å²) < 4.78 is 4.87. The number of carbonyl (C=O) groups excluding carboxylic acids is 2. The smallest absolute Gasteiger partial charge is 0.333 e. The highest BCUT2D eigenvalue weighted by atomic mass is 16.5. The Balaban J connectivity index is 1.75. The number of hydrogen-bond donors (Lipinski definition) is 2. The molecule has 1 aromatic carbocycles. The monoisotopic (exact) mass is 327 g/mol. The van der Waals surface area contributed by atoms with Crippen molar-refractivity contribution in [1.29, 1.82) is 0 Å². The van der Waals surface area contributed by atoms with Gasteiger partial charge in [0.1, 0.15) is 0 Å². The molecule has 126 valence electrons. The van der Waals surface area contributed by atoms with Crippen LogP contribution in [0.15, 0.2) is 30.6 Å². The minimum absolute atomic E-state index is 0.132. The minimum Gasteiger partial charge on any atom is -0.467 e. The number of carbonyl (C=O) groups is 2. The molecule has 1 aliphatic rings. The third-order valence-corrected chi connectivity index (χ3v) is 4.46. The van der Waals surface area contributed by atoms with E-state index in [2.05, 4.69) is 15.3 Å². The van der Waals surface area contributed by atoms with Crippen molar-refractivity contribution in [3.8, 4) is 0 Å². The van der Waals surface area contributed by atoms with Crippen molar-refractivity contribution in [2.45, 2.75) is 32.2 Å². The number of benzene rings is 1. The van der Waals surface area contributed by atoms with Gasteiger partial charge in [0.15, 0.2) is 6.04 Å². The topological polar surface area (TPSA) is 84.1 Å². The van der Waals surface area contributed by atoms with Crippen molar-refractivity contribution < 1.29 is 14.3 Å². The van der Waals surface area contributed by atoms with Crippen molar-refractivity contribution in [2.75, 3.05) is 7.11 Å². The largest absolute Gasteiger partial charge is 0.467 e. The van der Waals surface area contributed by atoms with Gasteiger partial charge in [-0.25, -0.2) is 9.78 Å². The average Bonchev–Trinajstić information content (AvgIpc) is 3.06. The van der Waals surface area contributed by atoms with E-state index in [0.717, 1.165) is 35.4 Å². The van der Waals surface area contributed by atoms with Crippen molar-refractivity contribution in [1.82, 2.24) is 15.3 Å². The number of H-pyrrole nitrogens is 1. The number of aromatic amines is 1. The fraction of sp³-hybridized carbons (Fsp3) is 0.389. The number of amides is 1. The zero-order valence-electron chi connectivity index (χ0n) is 13.8. The summed E-state index contributed by atoms with van der Waals surface area (Å²) in [5.41, 5.74) is 3.79. The summed E-state index contributed by atoms with van der Waals surface area (Å²) in [5, 5.41) is 2.86. The van der Waals surface area contributed by atoms with E-state index in [1.807, 2.05) is 31.2 Å². The molecule has 2 aromatic rings. The number of aromatic nitrogens is 2. The van der Waals surface area contributed by atoms with E-state index in [0.29, 0.717) is 6.42 Å². The highest BCUT2D eigenvalue weighted by molar-refractivity contribution is 5.87. The third-order valence-electron chi connectivity index (χ3n) is 4.46. The standard InChI is InChI=1S/C18H21N3O3/c1-11-4-3-5-12(8-11)16(18(23)24-2)21-17(22)13-6-7-14-15(9-13)20-10-19-14/h3-5,8,10,13,16H,6-7,9H2,1-2H3,(H,19,20)(H,21,22). The summed E-state index contributed by atoms with van der Waals surface area (Å²) >= 11 is 0. The zero-order chi connectivity index (χ0) is 17.1. The van der Waals surface area contributed by atoms with Crippen LogP contribution in [0.1, 0.15) is 35.0 Å². The normalized spacial score (nSPS) is 17.7. The number of rotatable bonds is 4. The number of imidazole rings is 1.